The molecule has 2 N–H and O–H groups in total. The van der Waals surface area contributed by atoms with Crippen molar-refractivity contribution in [3.63, 3.8) is 0 Å². The van der Waals surface area contributed by atoms with Crippen LogP contribution >= 0.6 is 0 Å². The topological polar surface area (TPSA) is 80.7 Å². The van der Waals surface area contributed by atoms with Crippen LogP contribution in [0.2, 0.25) is 0 Å². The molecule has 5 aromatic rings. The van der Waals surface area contributed by atoms with Crippen molar-refractivity contribution in [2.45, 2.75) is 25.8 Å². The van der Waals surface area contributed by atoms with E-state index >= 15 is 0 Å². The number of nitrogens with zero attached hydrogens (tertiary/aromatic N) is 4. The maximum atomic E-state index is 14.6. The normalized spacial score (nSPS) is 14.5. The number of hydrogen-bond acceptors (Lipinski definition) is 5. The van der Waals surface area contributed by atoms with Crippen LogP contribution in [0, 0.1) is 11.6 Å². The van der Waals surface area contributed by atoms with Gasteiger partial charge < -0.3 is 15.0 Å². The van der Waals surface area contributed by atoms with Gasteiger partial charge in [-0.05, 0) is 50.1 Å². The number of rotatable bonds is 5. The van der Waals surface area contributed by atoms with Gasteiger partial charge >= 0.3 is 0 Å². The second kappa shape index (κ2) is 7.51. The summed E-state index contributed by atoms with van der Waals surface area (Å²) in [6.07, 6.45) is 2.73. The molecule has 7 nitrogen and oxygen atoms in total. The van der Waals surface area contributed by atoms with Gasteiger partial charge in [0.1, 0.15) is 18.2 Å². The van der Waals surface area contributed by atoms with Crippen LogP contribution < -0.4 is 10.1 Å². The van der Waals surface area contributed by atoms with Crippen LogP contribution in [0.25, 0.3) is 33.5 Å². The van der Waals surface area contributed by atoms with Crippen molar-refractivity contribution in [3.05, 3.63) is 65.9 Å². The van der Waals surface area contributed by atoms with E-state index in [9.17, 15) is 8.78 Å². The van der Waals surface area contributed by atoms with Crippen molar-refractivity contribution in [1.82, 2.24) is 24.5 Å². The summed E-state index contributed by atoms with van der Waals surface area (Å²) in [4.78, 5) is 17.0. The number of benzene rings is 2. The van der Waals surface area contributed by atoms with Crippen LogP contribution in [0.1, 0.15) is 19.4 Å². The Morgan fingerprint density at radius 3 is 2.85 bits per heavy atom. The fourth-order valence-electron chi connectivity index (χ4n) is 4.45. The van der Waals surface area contributed by atoms with E-state index in [1.54, 1.807) is 0 Å². The first-order valence-corrected chi connectivity index (χ1v) is 11.1. The number of hydrogen-bond donors (Lipinski definition) is 2. The molecule has 0 aliphatic carbocycles. The Morgan fingerprint density at radius 1 is 1.12 bits per heavy atom. The highest BCUT2D eigenvalue weighted by Gasteiger charge is 2.36. The van der Waals surface area contributed by atoms with Crippen molar-refractivity contribution in [1.29, 1.82) is 0 Å². The number of nitrogens with one attached hydrogen (secondary N) is 2. The summed E-state index contributed by atoms with van der Waals surface area (Å²) >= 11 is 0. The van der Waals surface area contributed by atoms with Gasteiger partial charge in [-0.3, -0.25) is 4.57 Å². The molecule has 172 valence electrons. The Bertz CT molecular complexity index is 1550. The Morgan fingerprint density at radius 2 is 1.97 bits per heavy atom. The molecule has 34 heavy (non-hydrogen) atoms. The smallest absolute Gasteiger partial charge is 0.299 e. The predicted molar refractivity (Wildman–Crippen MR) is 126 cm³/mol. The molecule has 0 saturated heterocycles. The monoisotopic (exact) mass is 460 g/mol. The van der Waals surface area contributed by atoms with Crippen LogP contribution in [-0.4, -0.2) is 37.7 Å². The standard InChI is InChI=1S/C25H22F2N6O/c1-25(2)13-34-24-30-20-22(28-10-9-14-12-29-19-6-4-3-5-16(14)19)31-21(32-23(20)33(24)25)17-11-15(26)7-8-18(17)27/h3-8,11-12,29H,9-10,13H2,1-2H3,(H,28,31,32). The Balaban J connectivity index is 1.42. The highest BCUT2D eigenvalue weighted by atomic mass is 19.1. The number of fused-ring (bicyclic) bond motifs is 4. The second-order valence-electron chi connectivity index (χ2n) is 9.06. The minimum atomic E-state index is -0.595. The van der Waals surface area contributed by atoms with E-state index in [2.05, 4.69) is 31.3 Å². The molecule has 0 radical (unpaired) electrons. The number of H-pyrrole nitrogens is 1. The van der Waals surface area contributed by atoms with E-state index in [4.69, 9.17) is 4.74 Å². The van der Waals surface area contributed by atoms with Gasteiger partial charge in [-0.2, -0.15) is 4.98 Å². The fraction of sp³-hybridized carbons (Fsp3) is 0.240. The quantitative estimate of drug-likeness (QED) is 0.384. The van der Waals surface area contributed by atoms with E-state index in [0.29, 0.717) is 36.1 Å². The highest BCUT2D eigenvalue weighted by molar-refractivity contribution is 5.87. The number of para-hydroxylation sites is 1. The number of anilines is 1. The summed E-state index contributed by atoms with van der Waals surface area (Å²) < 4.78 is 36.2. The molecule has 1 aliphatic heterocycles. The molecule has 2 aromatic carbocycles. The lowest BCUT2D eigenvalue weighted by molar-refractivity contribution is 0.268. The van der Waals surface area contributed by atoms with Crippen LogP contribution in [-0.2, 0) is 12.0 Å². The highest BCUT2D eigenvalue weighted by Crippen LogP contribution is 2.37. The third-order valence-electron chi connectivity index (χ3n) is 6.17. The summed E-state index contributed by atoms with van der Waals surface area (Å²) in [5.74, 6) is -0.618. The third-order valence-corrected chi connectivity index (χ3v) is 6.17. The molecule has 1 aliphatic rings. The summed E-state index contributed by atoms with van der Waals surface area (Å²) in [6.45, 7) is 5.03. The molecular formula is C25H22F2N6O. The summed E-state index contributed by atoms with van der Waals surface area (Å²) in [7, 11) is 0. The Kier molecular flexibility index (Phi) is 4.55. The maximum Gasteiger partial charge on any atom is 0.299 e. The minimum Gasteiger partial charge on any atom is -0.462 e. The summed E-state index contributed by atoms with van der Waals surface area (Å²) in [5, 5.41) is 4.50. The second-order valence-corrected chi connectivity index (χ2v) is 9.06. The minimum absolute atomic E-state index is 0.00569. The van der Waals surface area contributed by atoms with Gasteiger partial charge in [-0.15, -0.1) is 0 Å². The van der Waals surface area contributed by atoms with E-state index < -0.39 is 17.2 Å². The molecule has 0 amide bonds. The van der Waals surface area contributed by atoms with Crippen molar-refractivity contribution in [2.24, 2.45) is 0 Å². The largest absolute Gasteiger partial charge is 0.462 e. The van der Waals surface area contributed by atoms with Crippen molar-refractivity contribution in [2.75, 3.05) is 18.5 Å². The van der Waals surface area contributed by atoms with Gasteiger partial charge in [0.05, 0.1) is 11.1 Å². The van der Waals surface area contributed by atoms with Gasteiger partial charge in [0.15, 0.2) is 22.8 Å². The summed E-state index contributed by atoms with van der Waals surface area (Å²) in [5.41, 5.74) is 2.89. The lowest BCUT2D eigenvalue weighted by Crippen LogP contribution is -2.26. The number of imidazole rings is 1. The molecule has 0 atom stereocenters. The molecule has 0 unspecified atom stereocenters. The lowest BCUT2D eigenvalue weighted by Gasteiger charge is -2.18. The van der Waals surface area contributed by atoms with Crippen LogP contribution in [0.3, 0.4) is 0 Å². The average Bonchev–Trinajstić information content (AvgIpc) is 3.49. The maximum absolute atomic E-state index is 14.6. The number of aromatic nitrogens is 5. The zero-order valence-corrected chi connectivity index (χ0v) is 18.7. The molecule has 3 aromatic heterocycles. The van der Waals surface area contributed by atoms with Crippen LogP contribution in [0.5, 0.6) is 6.01 Å². The SMILES string of the molecule is CC1(C)COc2nc3c(NCCc4c[nH]c5ccccc45)nc(-c4cc(F)ccc4F)nc3n21. The molecule has 9 heteroatoms. The van der Waals surface area contributed by atoms with Gasteiger partial charge in [-0.1, -0.05) is 18.2 Å². The van der Waals surface area contributed by atoms with Crippen LogP contribution in [0.15, 0.2) is 48.7 Å². The van der Waals surface area contributed by atoms with Gasteiger partial charge in [0, 0.05) is 23.6 Å². The summed E-state index contributed by atoms with van der Waals surface area (Å²) in [6, 6.07) is 11.8. The van der Waals surface area contributed by atoms with Crippen molar-refractivity contribution < 1.29 is 13.5 Å². The average molecular weight is 460 g/mol. The molecule has 0 bridgehead atoms. The molecular weight excluding hydrogens is 438 g/mol. The van der Waals surface area contributed by atoms with Crippen molar-refractivity contribution in [3.8, 4) is 17.4 Å². The molecule has 0 spiro atoms. The zero-order valence-electron chi connectivity index (χ0n) is 18.7. The number of ether oxygens (including phenoxy) is 1. The predicted octanol–water partition coefficient (Wildman–Crippen LogP) is 5.03. The van der Waals surface area contributed by atoms with E-state index in [1.807, 2.05) is 42.8 Å². The van der Waals surface area contributed by atoms with E-state index in [1.165, 1.54) is 5.56 Å². The molecule has 4 heterocycles. The van der Waals surface area contributed by atoms with Gasteiger partial charge in [0.25, 0.3) is 6.01 Å². The third kappa shape index (κ3) is 3.27. The zero-order chi connectivity index (χ0) is 23.4. The lowest BCUT2D eigenvalue weighted by atomic mass is 10.1. The first kappa shape index (κ1) is 20.6. The Hall–Kier alpha value is -4.01. The van der Waals surface area contributed by atoms with E-state index in [-0.39, 0.29) is 11.4 Å². The first-order valence-electron chi connectivity index (χ1n) is 11.1. The van der Waals surface area contributed by atoms with Gasteiger partial charge in [0.2, 0.25) is 0 Å². The fourth-order valence-corrected chi connectivity index (χ4v) is 4.45. The van der Waals surface area contributed by atoms with Crippen LogP contribution in [0.4, 0.5) is 14.6 Å². The molecule has 0 fully saturated rings. The van der Waals surface area contributed by atoms with Crippen molar-refractivity contribution >= 4 is 27.9 Å². The van der Waals surface area contributed by atoms with Gasteiger partial charge in [-0.25, -0.2) is 18.7 Å². The molecule has 0 saturated carbocycles. The first-order chi connectivity index (χ1) is 16.4. The Labute approximate surface area is 193 Å². The number of halogens is 2. The van der Waals surface area contributed by atoms with E-state index in [0.717, 1.165) is 35.5 Å². The molecule has 6 rings (SSSR count). The number of aromatic amines is 1.